The number of nitrogens with zero attached hydrogens (tertiary/aromatic N) is 4. The zero-order chi connectivity index (χ0) is 20.4. The Balaban J connectivity index is 1.49. The first-order chi connectivity index (χ1) is 14.0. The lowest BCUT2D eigenvalue weighted by atomic mass is 9.65. The topological polar surface area (TPSA) is 72.8 Å². The molecule has 1 aliphatic carbocycles. The number of anilines is 1. The average Bonchev–Trinajstić information content (AvgIpc) is 2.71. The molecular formula is C21H21F2N5O. The fourth-order valence-electron chi connectivity index (χ4n) is 3.74. The number of rotatable bonds is 6. The van der Waals surface area contributed by atoms with E-state index < -0.39 is 17.4 Å². The van der Waals surface area contributed by atoms with Crippen molar-refractivity contribution in [2.75, 3.05) is 19.0 Å². The van der Waals surface area contributed by atoms with Crippen molar-refractivity contribution < 1.29 is 13.5 Å². The van der Waals surface area contributed by atoms with Gasteiger partial charge in [-0.15, -0.1) is 10.2 Å². The lowest BCUT2D eigenvalue weighted by Crippen LogP contribution is -2.49. The van der Waals surface area contributed by atoms with E-state index in [4.69, 9.17) is 4.74 Å². The fourth-order valence-corrected chi connectivity index (χ4v) is 3.74. The molecule has 0 spiro atoms. The molecular weight excluding hydrogens is 376 g/mol. The minimum atomic E-state index is -0.947. The molecule has 0 saturated heterocycles. The number of ether oxygens (including phenoxy) is 1. The average molecular weight is 397 g/mol. The molecule has 0 unspecified atom stereocenters. The second kappa shape index (κ2) is 7.69. The van der Waals surface area contributed by atoms with E-state index in [-0.39, 0.29) is 12.8 Å². The van der Waals surface area contributed by atoms with Gasteiger partial charge in [-0.1, -0.05) is 0 Å². The third-order valence-corrected chi connectivity index (χ3v) is 5.28. The van der Waals surface area contributed by atoms with Crippen molar-refractivity contribution in [1.82, 2.24) is 20.2 Å². The first-order valence-corrected chi connectivity index (χ1v) is 9.34. The van der Waals surface area contributed by atoms with Crippen LogP contribution in [0.3, 0.4) is 0 Å². The van der Waals surface area contributed by atoms with E-state index in [1.165, 1.54) is 18.3 Å². The highest BCUT2D eigenvalue weighted by molar-refractivity contribution is 5.60. The minimum Gasteiger partial charge on any atom is -0.481 e. The van der Waals surface area contributed by atoms with Crippen molar-refractivity contribution in [2.45, 2.75) is 31.4 Å². The predicted molar refractivity (Wildman–Crippen MR) is 105 cm³/mol. The molecule has 1 saturated carbocycles. The number of methoxy groups -OCH3 is 1. The Bertz CT molecular complexity index is 1010. The van der Waals surface area contributed by atoms with Crippen molar-refractivity contribution in [3.05, 3.63) is 59.8 Å². The lowest BCUT2D eigenvalue weighted by Gasteiger charge is -2.43. The summed E-state index contributed by atoms with van der Waals surface area (Å²) in [5.74, 6) is 0.689. The standard InChI is InChI=1S/C21H21F2N5O/c1-13-8-14(11-25-20(13)29-2)17-5-6-18(28-27-17)26-12-21(9-15(22)10-21)19-16(23)4-3-7-24-19/h3-8,11,15H,9-10,12H2,1-2H3,(H,26,28)/t15-,21-. The van der Waals surface area contributed by atoms with Crippen LogP contribution in [-0.2, 0) is 5.41 Å². The van der Waals surface area contributed by atoms with Crippen LogP contribution in [-0.4, -0.2) is 40.0 Å². The van der Waals surface area contributed by atoms with Gasteiger partial charge in [0.05, 0.1) is 18.5 Å². The van der Waals surface area contributed by atoms with Crippen molar-refractivity contribution in [1.29, 1.82) is 0 Å². The van der Waals surface area contributed by atoms with Gasteiger partial charge in [-0.2, -0.15) is 0 Å². The highest BCUT2D eigenvalue weighted by Gasteiger charge is 2.48. The van der Waals surface area contributed by atoms with Crippen LogP contribution in [0, 0.1) is 12.7 Å². The summed E-state index contributed by atoms with van der Waals surface area (Å²) in [5.41, 5.74) is 2.02. The zero-order valence-electron chi connectivity index (χ0n) is 16.2. The van der Waals surface area contributed by atoms with Crippen LogP contribution >= 0.6 is 0 Å². The molecule has 4 rings (SSSR count). The maximum Gasteiger partial charge on any atom is 0.215 e. The molecule has 0 aromatic carbocycles. The molecule has 29 heavy (non-hydrogen) atoms. The Morgan fingerprint density at radius 1 is 1.21 bits per heavy atom. The summed E-state index contributed by atoms with van der Waals surface area (Å²) in [6, 6.07) is 8.43. The van der Waals surface area contributed by atoms with E-state index in [1.54, 1.807) is 19.4 Å². The highest BCUT2D eigenvalue weighted by atomic mass is 19.1. The number of aromatic nitrogens is 4. The van der Waals surface area contributed by atoms with Crippen LogP contribution in [0.1, 0.15) is 24.1 Å². The second-order valence-corrected chi connectivity index (χ2v) is 7.33. The van der Waals surface area contributed by atoms with E-state index in [2.05, 4.69) is 25.5 Å². The molecule has 0 aliphatic heterocycles. The van der Waals surface area contributed by atoms with Crippen LogP contribution in [0.5, 0.6) is 5.88 Å². The first kappa shape index (κ1) is 19.2. The molecule has 6 nitrogen and oxygen atoms in total. The van der Waals surface area contributed by atoms with Gasteiger partial charge in [-0.3, -0.25) is 4.98 Å². The smallest absolute Gasteiger partial charge is 0.215 e. The van der Waals surface area contributed by atoms with Gasteiger partial charge in [0.2, 0.25) is 5.88 Å². The quantitative estimate of drug-likeness (QED) is 0.681. The molecule has 1 aliphatic rings. The number of aryl methyl sites for hydroxylation is 1. The van der Waals surface area contributed by atoms with E-state index in [1.807, 2.05) is 19.1 Å². The predicted octanol–water partition coefficient (Wildman–Crippen LogP) is 3.87. The Morgan fingerprint density at radius 2 is 2.03 bits per heavy atom. The van der Waals surface area contributed by atoms with Crippen molar-refractivity contribution in [3.8, 4) is 17.1 Å². The minimum absolute atomic E-state index is 0.232. The molecule has 1 N–H and O–H groups in total. The maximum absolute atomic E-state index is 14.2. The summed E-state index contributed by atoms with van der Waals surface area (Å²) < 4.78 is 33.1. The summed E-state index contributed by atoms with van der Waals surface area (Å²) in [7, 11) is 1.58. The molecule has 8 heteroatoms. The van der Waals surface area contributed by atoms with Crippen LogP contribution < -0.4 is 10.1 Å². The van der Waals surface area contributed by atoms with Gasteiger partial charge in [-0.05, 0) is 50.1 Å². The van der Waals surface area contributed by atoms with Crippen molar-refractivity contribution >= 4 is 5.82 Å². The molecule has 0 radical (unpaired) electrons. The molecule has 1 fully saturated rings. The van der Waals surface area contributed by atoms with Crippen LogP contribution in [0.25, 0.3) is 11.3 Å². The van der Waals surface area contributed by atoms with Gasteiger partial charge >= 0.3 is 0 Å². The number of hydrogen-bond acceptors (Lipinski definition) is 6. The number of alkyl halides is 1. The van der Waals surface area contributed by atoms with Crippen molar-refractivity contribution in [2.24, 2.45) is 0 Å². The molecule has 3 heterocycles. The molecule has 3 aromatic rings. The van der Waals surface area contributed by atoms with Crippen LogP contribution in [0.15, 0.2) is 42.7 Å². The van der Waals surface area contributed by atoms with Crippen LogP contribution in [0.2, 0.25) is 0 Å². The maximum atomic E-state index is 14.2. The van der Waals surface area contributed by atoms with Gasteiger partial charge in [0.25, 0.3) is 0 Å². The summed E-state index contributed by atoms with van der Waals surface area (Å²) in [6.45, 7) is 2.24. The van der Waals surface area contributed by atoms with Gasteiger partial charge in [-0.25, -0.2) is 13.8 Å². The van der Waals surface area contributed by atoms with E-state index in [0.29, 0.717) is 29.6 Å². The lowest BCUT2D eigenvalue weighted by molar-refractivity contribution is 0.0964. The van der Waals surface area contributed by atoms with Gasteiger partial charge in [0.1, 0.15) is 17.8 Å². The third kappa shape index (κ3) is 3.74. The molecule has 3 aromatic heterocycles. The Kier molecular flexibility index (Phi) is 5.08. The zero-order valence-corrected chi connectivity index (χ0v) is 16.2. The van der Waals surface area contributed by atoms with Gasteiger partial charge in [0, 0.05) is 35.5 Å². The van der Waals surface area contributed by atoms with E-state index in [9.17, 15) is 8.78 Å². The summed E-state index contributed by atoms with van der Waals surface area (Å²) in [5, 5.41) is 11.6. The largest absolute Gasteiger partial charge is 0.481 e. The third-order valence-electron chi connectivity index (χ3n) is 5.28. The summed E-state index contributed by atoms with van der Waals surface area (Å²) in [4.78, 5) is 8.41. The van der Waals surface area contributed by atoms with E-state index in [0.717, 1.165) is 11.1 Å². The van der Waals surface area contributed by atoms with E-state index >= 15 is 0 Å². The van der Waals surface area contributed by atoms with Gasteiger partial charge < -0.3 is 10.1 Å². The SMILES string of the molecule is COc1ncc(-c2ccc(NC[C@]3(c4ncccc4F)C[C@H](F)C3)nn2)cc1C. The molecule has 150 valence electrons. The number of hydrogen-bond donors (Lipinski definition) is 1. The monoisotopic (exact) mass is 397 g/mol. The fraction of sp³-hybridized carbons (Fsp3) is 0.333. The Hall–Kier alpha value is -3.16. The second-order valence-electron chi connectivity index (χ2n) is 7.33. The molecule has 0 atom stereocenters. The van der Waals surface area contributed by atoms with Gasteiger partial charge in [0.15, 0.2) is 0 Å². The first-order valence-electron chi connectivity index (χ1n) is 9.34. The highest BCUT2D eigenvalue weighted by Crippen LogP contribution is 2.45. The molecule has 0 bridgehead atoms. The number of pyridine rings is 2. The number of nitrogens with one attached hydrogen (secondary N) is 1. The normalized spacial score (nSPS) is 20.8. The molecule has 0 amide bonds. The Labute approximate surface area is 167 Å². The number of halogens is 2. The Morgan fingerprint density at radius 3 is 2.66 bits per heavy atom. The van der Waals surface area contributed by atoms with Crippen LogP contribution in [0.4, 0.5) is 14.6 Å². The summed E-state index contributed by atoms with van der Waals surface area (Å²) in [6.07, 6.45) is 2.73. The van der Waals surface area contributed by atoms with Crippen molar-refractivity contribution in [3.63, 3.8) is 0 Å². The summed E-state index contributed by atoms with van der Waals surface area (Å²) >= 11 is 0.